The number of fused-ring (bicyclic) bond motifs is 1. The van der Waals surface area contributed by atoms with Gasteiger partial charge in [-0.15, -0.1) is 0 Å². The fraction of sp³-hybridized carbons (Fsp3) is 0.409. The average molecular weight is 379 g/mol. The van der Waals surface area contributed by atoms with E-state index in [1.54, 1.807) is 18.2 Å². The summed E-state index contributed by atoms with van der Waals surface area (Å²) < 4.78 is 0. The van der Waals surface area contributed by atoms with Crippen LogP contribution in [0.25, 0.3) is 0 Å². The van der Waals surface area contributed by atoms with Gasteiger partial charge in [0.25, 0.3) is 5.69 Å². The van der Waals surface area contributed by atoms with Gasteiger partial charge in [0.05, 0.1) is 11.0 Å². The summed E-state index contributed by atoms with van der Waals surface area (Å²) in [6.45, 7) is 2.68. The van der Waals surface area contributed by atoms with Gasteiger partial charge in [0.1, 0.15) is 11.7 Å². The molecule has 1 aliphatic carbocycles. The lowest BCUT2D eigenvalue weighted by Gasteiger charge is -2.29. The maximum atomic E-state index is 13.3. The van der Waals surface area contributed by atoms with Crippen LogP contribution in [0, 0.1) is 22.0 Å². The monoisotopic (exact) mass is 379 g/mol. The van der Waals surface area contributed by atoms with E-state index in [2.05, 4.69) is 5.32 Å². The molecule has 6 heteroatoms. The molecule has 28 heavy (non-hydrogen) atoms. The molecule has 0 aromatic heterocycles. The molecule has 2 aliphatic rings. The maximum absolute atomic E-state index is 13.3. The highest BCUT2D eigenvalue weighted by Gasteiger charge is 2.49. The lowest BCUT2D eigenvalue weighted by Crippen LogP contribution is -2.47. The van der Waals surface area contributed by atoms with E-state index in [-0.39, 0.29) is 34.5 Å². The van der Waals surface area contributed by atoms with Crippen LogP contribution < -0.4 is 10.2 Å². The van der Waals surface area contributed by atoms with Crippen LogP contribution in [0.4, 0.5) is 11.4 Å². The Labute approximate surface area is 164 Å². The third-order valence-corrected chi connectivity index (χ3v) is 6.21. The number of hydrogen-bond acceptors (Lipinski definition) is 4. The molecule has 1 saturated carbocycles. The predicted octanol–water partition coefficient (Wildman–Crippen LogP) is 4.08. The van der Waals surface area contributed by atoms with Gasteiger partial charge in [-0.3, -0.25) is 14.9 Å². The summed E-state index contributed by atoms with van der Waals surface area (Å²) in [5.74, 6) is 0.634. The summed E-state index contributed by atoms with van der Waals surface area (Å²) in [5.41, 5.74) is 1.67. The van der Waals surface area contributed by atoms with Gasteiger partial charge in [0.15, 0.2) is 0 Å². The zero-order valence-corrected chi connectivity index (χ0v) is 16.0. The molecule has 146 valence electrons. The Hall–Kier alpha value is -2.89. The van der Waals surface area contributed by atoms with Crippen LogP contribution in [0.3, 0.4) is 0 Å². The number of para-hydroxylation sites is 2. The topological polar surface area (TPSA) is 75.5 Å². The standard InChI is InChI=1S/C22H25N3O3/c1-15(16-8-3-2-4-9-16)23-22(26)21-18-11-7-10-17(18)14-24(21)19-12-5-6-13-20(19)25(27)28/h2-6,8-9,12-13,15,17-18,21H,7,10-11,14H2,1H3,(H,23,26)/t15-,17+,18+,21+/m1/s1. The first kappa shape index (κ1) is 18.5. The molecule has 1 amide bonds. The van der Waals surface area contributed by atoms with Gasteiger partial charge >= 0.3 is 0 Å². The van der Waals surface area contributed by atoms with E-state index >= 15 is 0 Å². The van der Waals surface area contributed by atoms with Gasteiger partial charge in [-0.1, -0.05) is 48.9 Å². The highest BCUT2D eigenvalue weighted by molar-refractivity contribution is 5.88. The molecule has 0 unspecified atom stereocenters. The molecule has 2 aromatic carbocycles. The van der Waals surface area contributed by atoms with Crippen LogP contribution >= 0.6 is 0 Å². The van der Waals surface area contributed by atoms with Crippen molar-refractivity contribution in [2.45, 2.75) is 38.3 Å². The van der Waals surface area contributed by atoms with E-state index in [1.165, 1.54) is 6.07 Å². The summed E-state index contributed by atoms with van der Waals surface area (Å²) in [7, 11) is 0. The van der Waals surface area contributed by atoms with Crippen molar-refractivity contribution >= 4 is 17.3 Å². The Balaban J connectivity index is 1.62. The zero-order chi connectivity index (χ0) is 19.7. The first-order valence-electron chi connectivity index (χ1n) is 9.91. The lowest BCUT2D eigenvalue weighted by atomic mass is 9.93. The van der Waals surface area contributed by atoms with E-state index in [0.29, 0.717) is 18.2 Å². The van der Waals surface area contributed by atoms with E-state index in [1.807, 2.05) is 42.2 Å². The van der Waals surface area contributed by atoms with Gasteiger partial charge in [-0.25, -0.2) is 0 Å². The Morgan fingerprint density at radius 2 is 1.86 bits per heavy atom. The van der Waals surface area contributed by atoms with Gasteiger partial charge in [0, 0.05) is 12.6 Å². The molecule has 6 nitrogen and oxygen atoms in total. The third-order valence-electron chi connectivity index (χ3n) is 6.21. The van der Waals surface area contributed by atoms with Crippen LogP contribution in [0.2, 0.25) is 0 Å². The average Bonchev–Trinajstić information content (AvgIpc) is 3.29. The maximum Gasteiger partial charge on any atom is 0.292 e. The quantitative estimate of drug-likeness (QED) is 0.627. The summed E-state index contributed by atoms with van der Waals surface area (Å²) >= 11 is 0. The van der Waals surface area contributed by atoms with Crippen molar-refractivity contribution in [2.24, 2.45) is 11.8 Å². The Kier molecular flexibility index (Phi) is 5.03. The molecule has 1 heterocycles. The second kappa shape index (κ2) is 7.62. The molecule has 4 rings (SSSR count). The highest BCUT2D eigenvalue weighted by atomic mass is 16.6. The number of nitro benzene ring substituents is 1. The summed E-state index contributed by atoms with van der Waals surface area (Å²) in [6.07, 6.45) is 3.21. The number of carbonyl (C=O) groups is 1. The molecule has 0 spiro atoms. The predicted molar refractivity (Wildman–Crippen MR) is 108 cm³/mol. The van der Waals surface area contributed by atoms with Gasteiger partial charge < -0.3 is 10.2 Å². The SMILES string of the molecule is C[C@@H](NC(=O)[C@@H]1[C@H]2CCC[C@H]2CN1c1ccccc1[N+](=O)[O-])c1ccccc1. The Morgan fingerprint density at radius 3 is 2.61 bits per heavy atom. The van der Waals surface area contributed by atoms with E-state index in [4.69, 9.17) is 0 Å². The number of nitrogens with zero attached hydrogens (tertiary/aromatic N) is 2. The van der Waals surface area contributed by atoms with Crippen LogP contribution in [0.15, 0.2) is 54.6 Å². The normalized spacial score (nSPS) is 24.6. The summed E-state index contributed by atoms with van der Waals surface area (Å²) in [5, 5.41) is 14.7. The second-order valence-corrected chi connectivity index (χ2v) is 7.84. The minimum absolute atomic E-state index is 0.0381. The first-order chi connectivity index (χ1) is 13.6. The van der Waals surface area contributed by atoms with Crippen LogP contribution in [0.1, 0.15) is 37.8 Å². The molecule has 4 atom stereocenters. The number of nitrogens with one attached hydrogen (secondary N) is 1. The van der Waals surface area contributed by atoms with Crippen molar-refractivity contribution in [1.29, 1.82) is 0 Å². The second-order valence-electron chi connectivity index (χ2n) is 7.84. The Morgan fingerprint density at radius 1 is 1.14 bits per heavy atom. The molecule has 0 radical (unpaired) electrons. The van der Waals surface area contributed by atoms with Crippen molar-refractivity contribution in [1.82, 2.24) is 5.32 Å². The smallest absolute Gasteiger partial charge is 0.292 e. The largest absolute Gasteiger partial charge is 0.353 e. The van der Waals surface area contributed by atoms with E-state index < -0.39 is 0 Å². The van der Waals surface area contributed by atoms with Crippen molar-refractivity contribution in [3.05, 3.63) is 70.3 Å². The van der Waals surface area contributed by atoms with Crippen molar-refractivity contribution in [3.63, 3.8) is 0 Å². The van der Waals surface area contributed by atoms with E-state index in [0.717, 1.165) is 24.8 Å². The molecule has 1 aliphatic heterocycles. The third kappa shape index (κ3) is 3.35. The first-order valence-corrected chi connectivity index (χ1v) is 9.91. The molecule has 1 saturated heterocycles. The molecule has 2 fully saturated rings. The minimum Gasteiger partial charge on any atom is -0.353 e. The lowest BCUT2D eigenvalue weighted by molar-refractivity contribution is -0.384. The number of hydrogen-bond donors (Lipinski definition) is 1. The zero-order valence-electron chi connectivity index (χ0n) is 16.0. The van der Waals surface area contributed by atoms with Crippen molar-refractivity contribution in [2.75, 3.05) is 11.4 Å². The fourth-order valence-corrected chi connectivity index (χ4v) is 4.87. The van der Waals surface area contributed by atoms with Crippen molar-refractivity contribution < 1.29 is 9.72 Å². The summed E-state index contributed by atoms with van der Waals surface area (Å²) in [6, 6.07) is 16.2. The number of anilines is 1. The van der Waals surface area contributed by atoms with Crippen LogP contribution in [-0.4, -0.2) is 23.4 Å². The van der Waals surface area contributed by atoms with E-state index in [9.17, 15) is 14.9 Å². The summed E-state index contributed by atoms with van der Waals surface area (Å²) in [4.78, 5) is 26.5. The van der Waals surface area contributed by atoms with Crippen molar-refractivity contribution in [3.8, 4) is 0 Å². The number of benzene rings is 2. The number of carbonyl (C=O) groups excluding carboxylic acids is 1. The molecule has 0 bridgehead atoms. The number of amides is 1. The molecule has 2 aromatic rings. The molecular weight excluding hydrogens is 354 g/mol. The van der Waals surface area contributed by atoms with Gasteiger partial charge in [-0.2, -0.15) is 0 Å². The van der Waals surface area contributed by atoms with Gasteiger partial charge in [-0.05, 0) is 43.2 Å². The van der Waals surface area contributed by atoms with Gasteiger partial charge in [0.2, 0.25) is 5.91 Å². The van der Waals surface area contributed by atoms with Crippen LogP contribution in [0.5, 0.6) is 0 Å². The fourth-order valence-electron chi connectivity index (χ4n) is 4.87. The molecule has 1 N–H and O–H groups in total. The minimum atomic E-state index is -0.361. The van der Waals surface area contributed by atoms with Crippen LogP contribution in [-0.2, 0) is 4.79 Å². The number of rotatable bonds is 5. The number of nitro groups is 1. The highest BCUT2D eigenvalue weighted by Crippen LogP contribution is 2.46. The Bertz CT molecular complexity index is 870. The molecular formula is C22H25N3O3.